The number of pyridine rings is 1. The van der Waals surface area contributed by atoms with Crippen molar-refractivity contribution < 1.29 is 19.1 Å². The Balaban J connectivity index is 1.93. The Hall–Kier alpha value is -2.44. The minimum Gasteiger partial charge on any atom is -0.466 e. The van der Waals surface area contributed by atoms with Crippen LogP contribution >= 0.6 is 0 Å². The molecule has 2 amide bonds. The maximum atomic E-state index is 12.6. The topological polar surface area (TPSA) is 79.8 Å². The van der Waals surface area contributed by atoms with Crippen molar-refractivity contribution in [2.45, 2.75) is 33.1 Å². The third-order valence-corrected chi connectivity index (χ3v) is 4.60. The fourth-order valence-corrected chi connectivity index (χ4v) is 3.10. The first kappa shape index (κ1) is 19.9. The van der Waals surface area contributed by atoms with Crippen molar-refractivity contribution in [1.82, 2.24) is 14.8 Å². The summed E-state index contributed by atoms with van der Waals surface area (Å²) in [7, 11) is 0. The van der Waals surface area contributed by atoms with E-state index in [1.165, 1.54) is 4.90 Å². The Morgan fingerprint density at radius 3 is 2.65 bits per heavy atom. The maximum absolute atomic E-state index is 12.6. The van der Waals surface area contributed by atoms with Gasteiger partial charge in [0.25, 0.3) is 0 Å². The maximum Gasteiger partial charge on any atom is 0.312 e. The number of hydrogen-bond acceptors (Lipinski definition) is 5. The van der Waals surface area contributed by atoms with Crippen LogP contribution in [0.4, 0.5) is 0 Å². The lowest BCUT2D eigenvalue weighted by Gasteiger charge is -2.32. The highest BCUT2D eigenvalue weighted by atomic mass is 16.5. The smallest absolute Gasteiger partial charge is 0.312 e. The molecule has 142 valence electrons. The highest BCUT2D eigenvalue weighted by molar-refractivity contribution is 6.34. The number of ether oxygens (including phenoxy) is 1. The van der Waals surface area contributed by atoms with Crippen LogP contribution in [0.15, 0.2) is 24.5 Å². The van der Waals surface area contributed by atoms with Crippen molar-refractivity contribution in [1.29, 1.82) is 0 Å². The number of likely N-dealkylation sites (N-methyl/N-ethyl adjacent to an activating group) is 1. The van der Waals surface area contributed by atoms with Crippen molar-refractivity contribution in [2.75, 3.05) is 32.8 Å². The van der Waals surface area contributed by atoms with E-state index < -0.39 is 11.8 Å². The van der Waals surface area contributed by atoms with Crippen molar-refractivity contribution in [3.63, 3.8) is 0 Å². The molecule has 7 nitrogen and oxygen atoms in total. The number of aromatic nitrogens is 1. The Labute approximate surface area is 154 Å². The van der Waals surface area contributed by atoms with Gasteiger partial charge in [-0.1, -0.05) is 0 Å². The average Bonchev–Trinajstić information content (AvgIpc) is 2.68. The van der Waals surface area contributed by atoms with Gasteiger partial charge in [-0.2, -0.15) is 0 Å². The summed E-state index contributed by atoms with van der Waals surface area (Å²) in [5.41, 5.74) is 1.07. The molecule has 0 N–H and O–H groups in total. The monoisotopic (exact) mass is 361 g/mol. The highest BCUT2D eigenvalue weighted by Crippen LogP contribution is 2.18. The summed E-state index contributed by atoms with van der Waals surface area (Å²) >= 11 is 0. The van der Waals surface area contributed by atoms with Gasteiger partial charge in [-0.15, -0.1) is 0 Å². The second kappa shape index (κ2) is 9.89. The summed E-state index contributed by atoms with van der Waals surface area (Å²) in [5, 5.41) is 0. The molecule has 1 aromatic rings. The summed E-state index contributed by atoms with van der Waals surface area (Å²) in [5.74, 6) is -1.67. The summed E-state index contributed by atoms with van der Waals surface area (Å²) in [6.45, 7) is 5.63. The van der Waals surface area contributed by atoms with E-state index in [0.717, 1.165) is 5.56 Å². The molecule has 0 bridgehead atoms. The van der Waals surface area contributed by atoms with Crippen LogP contribution in [0, 0.1) is 5.92 Å². The van der Waals surface area contributed by atoms with Crippen LogP contribution in [0.1, 0.15) is 32.3 Å². The summed E-state index contributed by atoms with van der Waals surface area (Å²) < 4.78 is 5.05. The van der Waals surface area contributed by atoms with Crippen molar-refractivity contribution >= 4 is 17.8 Å². The summed E-state index contributed by atoms with van der Waals surface area (Å²) in [6.07, 6.45) is 5.48. The predicted octanol–water partition coefficient (Wildman–Crippen LogP) is 1.27. The first-order chi connectivity index (χ1) is 12.6. The van der Waals surface area contributed by atoms with E-state index in [9.17, 15) is 14.4 Å². The first-order valence-corrected chi connectivity index (χ1v) is 9.20. The number of esters is 1. The zero-order valence-electron chi connectivity index (χ0n) is 15.5. The van der Waals surface area contributed by atoms with Gasteiger partial charge in [0.1, 0.15) is 0 Å². The van der Waals surface area contributed by atoms with Crippen LogP contribution in [0.3, 0.4) is 0 Å². The standard InChI is InChI=1S/C19H27N3O4/c1-3-21(13-9-15-7-10-20-11-8-15)17(23)18(24)22-12-5-6-16(14-22)19(25)26-4-2/h7-8,10-11,16H,3-6,9,12-14H2,1-2H3. The van der Waals surface area contributed by atoms with Crippen LogP contribution in [0.25, 0.3) is 0 Å². The van der Waals surface area contributed by atoms with Gasteiger partial charge in [0, 0.05) is 38.6 Å². The first-order valence-electron chi connectivity index (χ1n) is 9.20. The molecule has 1 fully saturated rings. The number of carbonyl (C=O) groups is 3. The number of amides is 2. The van der Waals surface area contributed by atoms with Crippen molar-refractivity contribution in [3.05, 3.63) is 30.1 Å². The lowest BCUT2D eigenvalue weighted by atomic mass is 9.98. The van der Waals surface area contributed by atoms with E-state index in [0.29, 0.717) is 45.5 Å². The van der Waals surface area contributed by atoms with Gasteiger partial charge in [0.05, 0.1) is 12.5 Å². The number of hydrogen-bond donors (Lipinski definition) is 0. The molecule has 1 aromatic heterocycles. The van der Waals surface area contributed by atoms with Crippen LogP contribution in [0.2, 0.25) is 0 Å². The van der Waals surface area contributed by atoms with Gasteiger partial charge in [0.2, 0.25) is 0 Å². The molecule has 1 atom stereocenters. The van der Waals surface area contributed by atoms with Crippen LogP contribution in [0.5, 0.6) is 0 Å². The molecule has 0 radical (unpaired) electrons. The Morgan fingerprint density at radius 1 is 1.27 bits per heavy atom. The van der Waals surface area contributed by atoms with E-state index in [1.807, 2.05) is 19.1 Å². The quantitative estimate of drug-likeness (QED) is 0.563. The van der Waals surface area contributed by atoms with Crippen molar-refractivity contribution in [3.8, 4) is 0 Å². The van der Waals surface area contributed by atoms with E-state index in [2.05, 4.69) is 4.98 Å². The summed E-state index contributed by atoms with van der Waals surface area (Å²) in [6, 6.07) is 3.80. The largest absolute Gasteiger partial charge is 0.466 e. The molecule has 2 rings (SSSR count). The van der Waals surface area contributed by atoms with Gasteiger partial charge >= 0.3 is 17.8 Å². The van der Waals surface area contributed by atoms with Crippen LogP contribution in [-0.4, -0.2) is 65.4 Å². The molecule has 1 aliphatic heterocycles. The van der Waals surface area contributed by atoms with Gasteiger partial charge in [-0.05, 0) is 50.8 Å². The van der Waals surface area contributed by atoms with Crippen LogP contribution < -0.4 is 0 Å². The highest BCUT2D eigenvalue weighted by Gasteiger charge is 2.33. The SMILES string of the molecule is CCOC(=O)C1CCCN(C(=O)C(=O)N(CC)CCc2ccncc2)C1. The molecule has 1 saturated heterocycles. The third-order valence-electron chi connectivity index (χ3n) is 4.60. The zero-order valence-corrected chi connectivity index (χ0v) is 15.5. The molecule has 1 unspecified atom stereocenters. The van der Waals surface area contributed by atoms with E-state index in [4.69, 9.17) is 4.74 Å². The fourth-order valence-electron chi connectivity index (χ4n) is 3.10. The minimum atomic E-state index is -0.532. The molecule has 1 aliphatic rings. The van der Waals surface area contributed by atoms with E-state index in [-0.39, 0.29) is 18.4 Å². The number of nitrogens with zero attached hydrogens (tertiary/aromatic N) is 3. The Morgan fingerprint density at radius 2 is 2.00 bits per heavy atom. The van der Waals surface area contributed by atoms with Crippen LogP contribution in [-0.2, 0) is 25.5 Å². The molecular formula is C19H27N3O4. The van der Waals surface area contributed by atoms with Gasteiger partial charge in [-0.25, -0.2) is 0 Å². The van der Waals surface area contributed by atoms with E-state index >= 15 is 0 Å². The number of piperidine rings is 1. The third kappa shape index (κ3) is 5.28. The normalized spacial score (nSPS) is 16.8. The van der Waals surface area contributed by atoms with E-state index in [1.54, 1.807) is 24.2 Å². The molecule has 0 spiro atoms. The summed E-state index contributed by atoms with van der Waals surface area (Å²) in [4.78, 5) is 44.1. The number of likely N-dealkylation sites (tertiary alicyclic amines) is 1. The minimum absolute atomic E-state index is 0.255. The number of carbonyl (C=O) groups excluding carboxylic acids is 3. The van der Waals surface area contributed by atoms with Crippen molar-refractivity contribution in [2.24, 2.45) is 5.92 Å². The second-order valence-corrected chi connectivity index (χ2v) is 6.33. The molecule has 0 aromatic carbocycles. The van der Waals surface area contributed by atoms with Gasteiger partial charge < -0.3 is 14.5 Å². The van der Waals surface area contributed by atoms with Gasteiger partial charge in [0.15, 0.2) is 0 Å². The predicted molar refractivity (Wildman–Crippen MR) is 96.1 cm³/mol. The second-order valence-electron chi connectivity index (χ2n) is 6.33. The fraction of sp³-hybridized carbons (Fsp3) is 0.579. The molecule has 7 heteroatoms. The lowest BCUT2D eigenvalue weighted by Crippen LogP contribution is -2.50. The molecular weight excluding hydrogens is 334 g/mol. The number of rotatable bonds is 6. The Bertz CT molecular complexity index is 620. The molecule has 0 aliphatic carbocycles. The molecule has 0 saturated carbocycles. The molecule has 26 heavy (non-hydrogen) atoms. The average molecular weight is 361 g/mol. The zero-order chi connectivity index (χ0) is 18.9. The lowest BCUT2D eigenvalue weighted by molar-refractivity contribution is -0.156. The Kier molecular flexibility index (Phi) is 7.56. The van der Waals surface area contributed by atoms with Gasteiger partial charge in [-0.3, -0.25) is 19.4 Å². The molecule has 2 heterocycles.